The Hall–Kier alpha value is -1.73. The summed E-state index contributed by atoms with van der Waals surface area (Å²) in [6.07, 6.45) is 4.62. The Kier molecular flexibility index (Phi) is 6.35. The van der Waals surface area contributed by atoms with Gasteiger partial charge >= 0.3 is 0 Å². The predicted octanol–water partition coefficient (Wildman–Crippen LogP) is 2.67. The van der Waals surface area contributed by atoms with Crippen LogP contribution in [0.1, 0.15) is 39.0 Å². The second-order valence-electron chi connectivity index (χ2n) is 8.28. The van der Waals surface area contributed by atoms with E-state index in [0.29, 0.717) is 18.7 Å². The Balaban J connectivity index is 1.34. The molecule has 2 amide bonds. The van der Waals surface area contributed by atoms with Crippen LogP contribution in [0.5, 0.6) is 5.75 Å². The van der Waals surface area contributed by atoms with Crippen molar-refractivity contribution in [2.24, 2.45) is 0 Å². The number of hydrogen-bond acceptors (Lipinski definition) is 5. The highest BCUT2D eigenvalue weighted by Gasteiger charge is 2.40. The van der Waals surface area contributed by atoms with Crippen LogP contribution in [0.15, 0.2) is 24.3 Å². The van der Waals surface area contributed by atoms with Crippen molar-refractivity contribution in [3.05, 3.63) is 24.3 Å². The first-order chi connectivity index (χ1) is 14.1. The number of nitrogens with zero attached hydrogens (tertiary/aromatic N) is 2. The molecule has 1 aliphatic carbocycles. The Morgan fingerprint density at radius 2 is 1.97 bits per heavy atom. The molecule has 3 aliphatic rings. The molecule has 2 fully saturated rings. The lowest BCUT2D eigenvalue weighted by molar-refractivity contribution is -0.125. The van der Waals surface area contributed by atoms with Crippen LogP contribution in [-0.2, 0) is 9.59 Å². The number of fused-ring (bicyclic) bond motifs is 1. The third kappa shape index (κ3) is 4.40. The average molecular weight is 418 g/mol. The molecule has 7 heteroatoms. The van der Waals surface area contributed by atoms with Gasteiger partial charge in [-0.1, -0.05) is 25.0 Å². The number of carbonyl (C=O) groups excluding carboxylic acids is 2. The molecule has 6 nitrogen and oxygen atoms in total. The smallest absolute Gasteiger partial charge is 0.267 e. The molecule has 4 rings (SSSR count). The van der Waals surface area contributed by atoms with Gasteiger partial charge in [-0.25, -0.2) is 0 Å². The van der Waals surface area contributed by atoms with Gasteiger partial charge in [0.2, 0.25) is 5.91 Å². The minimum Gasteiger partial charge on any atom is -0.479 e. The summed E-state index contributed by atoms with van der Waals surface area (Å²) in [6, 6.07) is 7.52. The fraction of sp³-hybridized carbons (Fsp3) is 0.636. The average Bonchev–Trinajstić information content (AvgIpc) is 3.23. The monoisotopic (exact) mass is 417 g/mol. The first-order valence-corrected chi connectivity index (χ1v) is 11.9. The highest BCUT2D eigenvalue weighted by Crippen LogP contribution is 2.36. The third-order valence-corrected chi connectivity index (χ3v) is 7.41. The van der Waals surface area contributed by atoms with Gasteiger partial charge in [0.25, 0.3) is 5.91 Å². The molecule has 1 saturated heterocycles. The van der Waals surface area contributed by atoms with Gasteiger partial charge in [0.1, 0.15) is 5.75 Å². The van der Waals surface area contributed by atoms with Gasteiger partial charge in [0.05, 0.1) is 5.69 Å². The molecular formula is C22H31N3O3S. The molecule has 2 aliphatic heterocycles. The van der Waals surface area contributed by atoms with Gasteiger partial charge in [-0.3, -0.25) is 14.5 Å². The topological polar surface area (TPSA) is 61.9 Å². The van der Waals surface area contributed by atoms with E-state index in [1.807, 2.05) is 36.0 Å². The van der Waals surface area contributed by atoms with Crippen LogP contribution in [-0.4, -0.2) is 66.0 Å². The van der Waals surface area contributed by atoms with Gasteiger partial charge in [-0.2, -0.15) is 11.8 Å². The van der Waals surface area contributed by atoms with Crippen LogP contribution in [0.25, 0.3) is 0 Å². The van der Waals surface area contributed by atoms with Crippen molar-refractivity contribution in [2.75, 3.05) is 42.6 Å². The van der Waals surface area contributed by atoms with Crippen LogP contribution in [0.2, 0.25) is 0 Å². The van der Waals surface area contributed by atoms with Gasteiger partial charge < -0.3 is 15.0 Å². The third-order valence-electron chi connectivity index (χ3n) is 6.47. The van der Waals surface area contributed by atoms with Gasteiger partial charge in [-0.05, 0) is 31.9 Å². The van der Waals surface area contributed by atoms with Crippen molar-refractivity contribution < 1.29 is 14.3 Å². The molecule has 1 unspecified atom stereocenters. The van der Waals surface area contributed by atoms with Crippen molar-refractivity contribution in [2.45, 2.75) is 50.7 Å². The number of benzene rings is 1. The summed E-state index contributed by atoms with van der Waals surface area (Å²) in [5.74, 6) is 3.01. The van der Waals surface area contributed by atoms with Crippen molar-refractivity contribution in [3.63, 3.8) is 0 Å². The number of hydrogen-bond donors (Lipinski definition) is 1. The van der Waals surface area contributed by atoms with Crippen LogP contribution in [0.3, 0.4) is 0 Å². The maximum Gasteiger partial charge on any atom is 0.267 e. The van der Waals surface area contributed by atoms with E-state index < -0.39 is 6.10 Å². The number of ether oxygens (including phenoxy) is 1. The van der Waals surface area contributed by atoms with Crippen molar-refractivity contribution >= 4 is 29.3 Å². The van der Waals surface area contributed by atoms with E-state index in [-0.39, 0.29) is 17.4 Å². The zero-order valence-corrected chi connectivity index (χ0v) is 18.0. The highest BCUT2D eigenvalue weighted by atomic mass is 32.2. The fourth-order valence-corrected chi connectivity index (χ4v) is 5.73. The molecule has 2 heterocycles. The quantitative estimate of drug-likeness (QED) is 0.771. The largest absolute Gasteiger partial charge is 0.479 e. The summed E-state index contributed by atoms with van der Waals surface area (Å²) < 4.78 is 5.68. The SMILES string of the molecule is CC1Oc2ccccc2N(CCC(=O)NCC2(N3CCSCC3)CCCC2)C1=O. The zero-order chi connectivity index (χ0) is 20.3. The Morgan fingerprint density at radius 1 is 1.24 bits per heavy atom. The molecule has 1 aromatic rings. The predicted molar refractivity (Wildman–Crippen MR) is 117 cm³/mol. The Morgan fingerprint density at radius 3 is 2.72 bits per heavy atom. The molecule has 1 saturated carbocycles. The molecule has 29 heavy (non-hydrogen) atoms. The Bertz CT molecular complexity index is 745. The lowest BCUT2D eigenvalue weighted by atomic mass is 9.94. The minimum absolute atomic E-state index is 0.0204. The maximum atomic E-state index is 12.7. The second-order valence-corrected chi connectivity index (χ2v) is 9.50. The summed E-state index contributed by atoms with van der Waals surface area (Å²) in [5.41, 5.74) is 0.883. The van der Waals surface area contributed by atoms with E-state index in [9.17, 15) is 9.59 Å². The maximum absolute atomic E-state index is 12.7. The number of para-hydroxylation sites is 2. The number of nitrogens with one attached hydrogen (secondary N) is 1. The van der Waals surface area contributed by atoms with E-state index in [2.05, 4.69) is 10.2 Å². The number of amides is 2. The van der Waals surface area contributed by atoms with Crippen LogP contribution >= 0.6 is 11.8 Å². The van der Waals surface area contributed by atoms with Crippen molar-refractivity contribution in [1.82, 2.24) is 10.2 Å². The molecule has 1 aromatic carbocycles. The lowest BCUT2D eigenvalue weighted by Crippen LogP contribution is -2.56. The molecule has 0 bridgehead atoms. The number of carbonyl (C=O) groups is 2. The minimum atomic E-state index is -0.522. The molecular weight excluding hydrogens is 386 g/mol. The molecule has 0 spiro atoms. The van der Waals surface area contributed by atoms with E-state index in [4.69, 9.17) is 4.74 Å². The molecule has 1 atom stereocenters. The molecule has 0 aromatic heterocycles. The molecule has 0 radical (unpaired) electrons. The summed E-state index contributed by atoms with van der Waals surface area (Å²) in [6.45, 7) is 5.10. The zero-order valence-electron chi connectivity index (χ0n) is 17.2. The Labute approximate surface area is 177 Å². The highest BCUT2D eigenvalue weighted by molar-refractivity contribution is 7.99. The summed E-state index contributed by atoms with van der Waals surface area (Å²) in [5, 5.41) is 3.20. The number of thioether (sulfide) groups is 1. The summed E-state index contributed by atoms with van der Waals surface area (Å²) >= 11 is 2.02. The fourth-order valence-electron chi connectivity index (χ4n) is 4.83. The summed E-state index contributed by atoms with van der Waals surface area (Å²) in [4.78, 5) is 29.6. The van der Waals surface area contributed by atoms with E-state index in [1.165, 1.54) is 37.2 Å². The lowest BCUT2D eigenvalue weighted by Gasteiger charge is -2.43. The van der Waals surface area contributed by atoms with Crippen molar-refractivity contribution in [1.29, 1.82) is 0 Å². The first kappa shape index (κ1) is 20.5. The molecule has 1 N–H and O–H groups in total. The van der Waals surface area contributed by atoms with Gasteiger partial charge in [0, 0.05) is 49.6 Å². The normalized spacial score (nSPS) is 24.1. The van der Waals surface area contributed by atoms with Crippen LogP contribution in [0.4, 0.5) is 5.69 Å². The van der Waals surface area contributed by atoms with Gasteiger partial charge in [0.15, 0.2) is 6.10 Å². The van der Waals surface area contributed by atoms with E-state index in [0.717, 1.165) is 25.3 Å². The summed E-state index contributed by atoms with van der Waals surface area (Å²) in [7, 11) is 0. The second kappa shape index (κ2) is 8.96. The standard InChI is InChI=1S/C22H31N3O3S/c1-17-21(27)25(18-6-2-3-7-19(18)28-17)11-8-20(26)23-16-22(9-4-5-10-22)24-12-14-29-15-13-24/h2-3,6-7,17H,4-5,8-16H2,1H3,(H,23,26). The molecule has 158 valence electrons. The van der Waals surface area contributed by atoms with Gasteiger partial charge in [-0.15, -0.1) is 0 Å². The van der Waals surface area contributed by atoms with E-state index >= 15 is 0 Å². The van der Waals surface area contributed by atoms with E-state index in [1.54, 1.807) is 11.8 Å². The van der Waals surface area contributed by atoms with Crippen LogP contribution < -0.4 is 15.0 Å². The first-order valence-electron chi connectivity index (χ1n) is 10.8. The number of rotatable bonds is 6. The van der Waals surface area contributed by atoms with Crippen molar-refractivity contribution in [3.8, 4) is 5.75 Å². The number of anilines is 1. The van der Waals surface area contributed by atoms with Crippen LogP contribution in [0, 0.1) is 0 Å².